The van der Waals surface area contributed by atoms with Gasteiger partial charge in [0, 0.05) is 19.2 Å². The summed E-state index contributed by atoms with van der Waals surface area (Å²) in [5, 5.41) is 9.42. The summed E-state index contributed by atoms with van der Waals surface area (Å²) in [6.07, 6.45) is 6.64. The first-order valence-corrected chi connectivity index (χ1v) is 10.7. The molecule has 1 aliphatic carbocycles. The molecule has 0 unspecified atom stereocenters. The Kier molecular flexibility index (Phi) is 5.03. The molecule has 0 spiro atoms. The van der Waals surface area contributed by atoms with Gasteiger partial charge in [0.25, 0.3) is 5.56 Å². The Morgan fingerprint density at radius 1 is 1.07 bits per heavy atom. The molecule has 0 atom stereocenters. The molecule has 2 aliphatic heterocycles. The van der Waals surface area contributed by atoms with E-state index in [-0.39, 0.29) is 5.56 Å². The molecule has 4 heterocycles. The van der Waals surface area contributed by atoms with Crippen molar-refractivity contribution in [2.45, 2.75) is 64.8 Å². The molecular weight excluding hydrogens is 354 g/mol. The molecule has 150 valence electrons. The lowest BCUT2D eigenvalue weighted by Gasteiger charge is -2.31. The minimum Gasteiger partial charge on any atom is -0.373 e. The van der Waals surface area contributed by atoms with E-state index >= 15 is 0 Å². The Morgan fingerprint density at radius 3 is 2.79 bits per heavy atom. The fraction of sp³-hybridized carbons (Fsp3) is 0.667. The summed E-state index contributed by atoms with van der Waals surface area (Å²) in [6.45, 7) is 6.08. The fourth-order valence-electron chi connectivity index (χ4n) is 4.76. The van der Waals surface area contributed by atoms with Crippen LogP contribution in [0.1, 0.15) is 48.3 Å². The molecule has 0 saturated carbocycles. The highest BCUT2D eigenvalue weighted by Crippen LogP contribution is 2.22. The van der Waals surface area contributed by atoms with Crippen molar-refractivity contribution in [1.82, 2.24) is 24.5 Å². The molecule has 0 aromatic carbocycles. The number of rotatable bonds is 4. The van der Waals surface area contributed by atoms with Crippen molar-refractivity contribution in [3.8, 4) is 0 Å². The average molecular weight is 383 g/mol. The highest BCUT2D eigenvalue weighted by Gasteiger charge is 2.23. The first-order chi connectivity index (χ1) is 13.7. The highest BCUT2D eigenvalue weighted by molar-refractivity contribution is 5.20. The monoisotopic (exact) mass is 383 g/mol. The molecule has 3 aliphatic rings. The van der Waals surface area contributed by atoms with Crippen LogP contribution in [0, 0.1) is 5.92 Å². The summed E-state index contributed by atoms with van der Waals surface area (Å²) in [5.74, 6) is 0.534. The van der Waals surface area contributed by atoms with Gasteiger partial charge < -0.3 is 4.74 Å². The first-order valence-electron chi connectivity index (χ1n) is 10.7. The van der Waals surface area contributed by atoms with Gasteiger partial charge in [0.05, 0.1) is 36.8 Å². The summed E-state index contributed by atoms with van der Waals surface area (Å²) in [7, 11) is 0. The standard InChI is InChI=1S/C21H29N5O2/c27-21-11-17-3-1-2-4-20(17)23-26(21)13-16-5-7-24(8-6-16)14-18-12-19-15-28-10-9-25(19)22-18/h11-12,16H,1-10,13-15H2. The molecule has 0 amide bonds. The van der Waals surface area contributed by atoms with E-state index in [1.54, 1.807) is 4.68 Å². The zero-order valence-electron chi connectivity index (χ0n) is 16.5. The number of likely N-dealkylation sites (tertiary alicyclic amines) is 1. The van der Waals surface area contributed by atoms with Crippen LogP contribution in [0.2, 0.25) is 0 Å². The van der Waals surface area contributed by atoms with Gasteiger partial charge in [0.2, 0.25) is 0 Å². The average Bonchev–Trinajstić information content (AvgIpc) is 3.12. The Hall–Kier alpha value is -1.99. The van der Waals surface area contributed by atoms with Gasteiger partial charge in [-0.1, -0.05) is 0 Å². The fourth-order valence-corrected chi connectivity index (χ4v) is 4.76. The summed E-state index contributed by atoms with van der Waals surface area (Å²) < 4.78 is 9.32. The van der Waals surface area contributed by atoms with Gasteiger partial charge in [-0.25, -0.2) is 4.68 Å². The van der Waals surface area contributed by atoms with Gasteiger partial charge in [-0.05, 0) is 69.2 Å². The molecule has 1 fully saturated rings. The van der Waals surface area contributed by atoms with E-state index in [0.29, 0.717) is 12.5 Å². The smallest absolute Gasteiger partial charge is 0.267 e. The van der Waals surface area contributed by atoms with E-state index < -0.39 is 0 Å². The third kappa shape index (κ3) is 3.78. The van der Waals surface area contributed by atoms with Gasteiger partial charge in [-0.3, -0.25) is 14.4 Å². The number of nitrogens with zero attached hydrogens (tertiary/aromatic N) is 5. The third-order valence-corrected chi connectivity index (χ3v) is 6.41. The van der Waals surface area contributed by atoms with Crippen LogP contribution >= 0.6 is 0 Å². The number of ether oxygens (including phenoxy) is 1. The number of hydrogen-bond donors (Lipinski definition) is 0. The molecular formula is C21H29N5O2. The number of hydrogen-bond acceptors (Lipinski definition) is 5. The number of piperidine rings is 1. The van der Waals surface area contributed by atoms with Crippen molar-refractivity contribution < 1.29 is 4.74 Å². The van der Waals surface area contributed by atoms with Crippen molar-refractivity contribution in [3.63, 3.8) is 0 Å². The van der Waals surface area contributed by atoms with E-state index in [1.807, 2.05) is 6.07 Å². The van der Waals surface area contributed by atoms with Gasteiger partial charge in [-0.2, -0.15) is 10.2 Å². The van der Waals surface area contributed by atoms with E-state index in [4.69, 9.17) is 14.9 Å². The molecule has 1 saturated heterocycles. The molecule has 0 radical (unpaired) electrons. The topological polar surface area (TPSA) is 65.2 Å². The van der Waals surface area contributed by atoms with Crippen molar-refractivity contribution in [1.29, 1.82) is 0 Å². The molecule has 2 aromatic rings. The molecule has 5 rings (SSSR count). The van der Waals surface area contributed by atoms with Crippen LogP contribution in [0.4, 0.5) is 0 Å². The van der Waals surface area contributed by atoms with E-state index in [1.165, 1.54) is 24.1 Å². The van der Waals surface area contributed by atoms with Crippen LogP contribution in [-0.2, 0) is 43.8 Å². The zero-order chi connectivity index (χ0) is 18.9. The Balaban J connectivity index is 1.17. The molecule has 7 nitrogen and oxygen atoms in total. The lowest BCUT2D eigenvalue weighted by atomic mass is 9.95. The third-order valence-electron chi connectivity index (χ3n) is 6.41. The van der Waals surface area contributed by atoms with Gasteiger partial charge in [0.1, 0.15) is 0 Å². The lowest BCUT2D eigenvalue weighted by molar-refractivity contribution is 0.0799. The van der Waals surface area contributed by atoms with Crippen molar-refractivity contribution >= 4 is 0 Å². The van der Waals surface area contributed by atoms with Crippen LogP contribution in [0.15, 0.2) is 16.9 Å². The highest BCUT2D eigenvalue weighted by atomic mass is 16.5. The van der Waals surface area contributed by atoms with Crippen LogP contribution in [0.3, 0.4) is 0 Å². The van der Waals surface area contributed by atoms with Crippen LogP contribution in [0.5, 0.6) is 0 Å². The van der Waals surface area contributed by atoms with Crippen molar-refractivity contribution in [3.05, 3.63) is 45.1 Å². The van der Waals surface area contributed by atoms with Crippen molar-refractivity contribution in [2.75, 3.05) is 19.7 Å². The number of aromatic nitrogens is 4. The summed E-state index contributed by atoms with van der Waals surface area (Å²) >= 11 is 0. The van der Waals surface area contributed by atoms with Crippen LogP contribution in [-0.4, -0.2) is 44.2 Å². The first kappa shape index (κ1) is 18.1. The maximum Gasteiger partial charge on any atom is 0.267 e. The van der Waals surface area contributed by atoms with E-state index in [2.05, 4.69) is 15.6 Å². The molecule has 7 heteroatoms. The van der Waals surface area contributed by atoms with Crippen LogP contribution in [0.25, 0.3) is 0 Å². The molecule has 0 N–H and O–H groups in total. The van der Waals surface area contributed by atoms with Crippen LogP contribution < -0.4 is 5.56 Å². The Labute approximate surface area is 165 Å². The molecule has 0 bridgehead atoms. The second kappa shape index (κ2) is 7.79. The zero-order valence-corrected chi connectivity index (χ0v) is 16.5. The maximum atomic E-state index is 12.4. The quantitative estimate of drug-likeness (QED) is 0.805. The maximum absolute atomic E-state index is 12.4. The van der Waals surface area contributed by atoms with Crippen molar-refractivity contribution in [2.24, 2.45) is 5.92 Å². The minimum absolute atomic E-state index is 0.0777. The number of fused-ring (bicyclic) bond motifs is 2. The summed E-state index contributed by atoms with van der Waals surface area (Å²) in [6, 6.07) is 4.02. The Morgan fingerprint density at radius 2 is 1.93 bits per heavy atom. The van der Waals surface area contributed by atoms with Gasteiger partial charge in [-0.15, -0.1) is 0 Å². The second-order valence-electron chi connectivity index (χ2n) is 8.47. The predicted molar refractivity (Wildman–Crippen MR) is 105 cm³/mol. The minimum atomic E-state index is 0.0777. The van der Waals surface area contributed by atoms with Gasteiger partial charge in [0.15, 0.2) is 0 Å². The predicted octanol–water partition coefficient (Wildman–Crippen LogP) is 1.76. The number of aryl methyl sites for hydroxylation is 2. The SMILES string of the molecule is O=c1cc2c(nn1CC1CCN(Cc3cc4n(n3)CCOC4)CC1)CCCC2. The molecule has 2 aromatic heterocycles. The van der Waals surface area contributed by atoms with Gasteiger partial charge >= 0.3 is 0 Å². The largest absolute Gasteiger partial charge is 0.373 e. The second-order valence-corrected chi connectivity index (χ2v) is 8.47. The Bertz CT molecular complexity index is 871. The van der Waals surface area contributed by atoms with E-state index in [9.17, 15) is 4.79 Å². The van der Waals surface area contributed by atoms with E-state index in [0.717, 1.165) is 76.4 Å². The normalized spacial score (nSPS) is 20.7. The summed E-state index contributed by atoms with van der Waals surface area (Å²) in [5.41, 5.74) is 4.74. The lowest BCUT2D eigenvalue weighted by Crippen LogP contribution is -2.37. The summed E-state index contributed by atoms with van der Waals surface area (Å²) in [4.78, 5) is 14.9. The molecule has 28 heavy (non-hydrogen) atoms.